The normalized spacial score (nSPS) is 12.7. The Morgan fingerprint density at radius 1 is 1.26 bits per heavy atom. The lowest BCUT2D eigenvalue weighted by Crippen LogP contribution is -2.39. The van der Waals surface area contributed by atoms with Crippen molar-refractivity contribution in [2.24, 2.45) is 0 Å². The van der Waals surface area contributed by atoms with Gasteiger partial charge in [-0.3, -0.25) is 9.59 Å². The molecule has 0 spiro atoms. The van der Waals surface area contributed by atoms with Gasteiger partial charge in [-0.25, -0.2) is 4.68 Å². The van der Waals surface area contributed by atoms with Crippen molar-refractivity contribution in [3.63, 3.8) is 0 Å². The van der Waals surface area contributed by atoms with Crippen LogP contribution in [-0.4, -0.2) is 60.3 Å². The highest BCUT2D eigenvalue weighted by molar-refractivity contribution is 5.96. The summed E-state index contributed by atoms with van der Waals surface area (Å²) >= 11 is 0. The first-order valence-electron chi connectivity index (χ1n) is 9.29. The summed E-state index contributed by atoms with van der Waals surface area (Å²) in [4.78, 5) is 26.4. The Morgan fingerprint density at radius 2 is 2.04 bits per heavy atom. The molecular formula is C20H26N4O3. The van der Waals surface area contributed by atoms with Gasteiger partial charge in [0.1, 0.15) is 0 Å². The molecule has 1 aromatic carbocycles. The monoisotopic (exact) mass is 370 g/mol. The van der Waals surface area contributed by atoms with Crippen LogP contribution in [0.15, 0.2) is 30.3 Å². The topological polar surface area (TPSA) is 76.5 Å². The maximum absolute atomic E-state index is 12.9. The summed E-state index contributed by atoms with van der Waals surface area (Å²) in [5.74, 6) is -0.393. The molecule has 0 saturated heterocycles. The van der Waals surface area contributed by atoms with E-state index in [4.69, 9.17) is 4.74 Å². The van der Waals surface area contributed by atoms with Crippen molar-refractivity contribution in [1.29, 1.82) is 0 Å². The van der Waals surface area contributed by atoms with Gasteiger partial charge in [0.2, 0.25) is 5.91 Å². The van der Waals surface area contributed by atoms with Crippen LogP contribution in [0.3, 0.4) is 0 Å². The molecule has 0 aliphatic heterocycles. The van der Waals surface area contributed by atoms with E-state index in [0.717, 1.165) is 42.6 Å². The van der Waals surface area contributed by atoms with E-state index >= 15 is 0 Å². The average molecular weight is 370 g/mol. The Morgan fingerprint density at radius 3 is 2.78 bits per heavy atom. The maximum Gasteiger partial charge on any atom is 0.274 e. The number of nitrogens with zero attached hydrogens (tertiary/aromatic N) is 3. The van der Waals surface area contributed by atoms with E-state index in [2.05, 4.69) is 10.4 Å². The van der Waals surface area contributed by atoms with E-state index in [1.165, 1.54) is 4.90 Å². The largest absolute Gasteiger partial charge is 0.385 e. The number of hydrogen-bond acceptors (Lipinski definition) is 4. The van der Waals surface area contributed by atoms with Gasteiger partial charge in [0.15, 0.2) is 5.69 Å². The molecule has 1 aromatic heterocycles. The lowest BCUT2D eigenvalue weighted by atomic mass is 10.2. The quantitative estimate of drug-likeness (QED) is 0.716. The summed E-state index contributed by atoms with van der Waals surface area (Å²) in [6.07, 6.45) is 3.52. The van der Waals surface area contributed by atoms with Crippen molar-refractivity contribution < 1.29 is 14.3 Å². The highest BCUT2D eigenvalue weighted by Gasteiger charge is 2.29. The van der Waals surface area contributed by atoms with Crippen molar-refractivity contribution >= 4 is 11.8 Å². The molecule has 7 nitrogen and oxygen atoms in total. The van der Waals surface area contributed by atoms with Gasteiger partial charge in [0.05, 0.1) is 12.2 Å². The van der Waals surface area contributed by atoms with Crippen LogP contribution in [0.2, 0.25) is 0 Å². The molecule has 0 radical (unpaired) electrons. The van der Waals surface area contributed by atoms with Gasteiger partial charge in [0.25, 0.3) is 5.91 Å². The maximum atomic E-state index is 12.9. The highest BCUT2D eigenvalue weighted by Crippen LogP contribution is 2.28. The van der Waals surface area contributed by atoms with Gasteiger partial charge in [-0.2, -0.15) is 5.10 Å². The van der Waals surface area contributed by atoms with E-state index in [0.29, 0.717) is 18.8 Å². The smallest absolute Gasteiger partial charge is 0.274 e. The Balaban J connectivity index is 1.71. The second-order valence-corrected chi connectivity index (χ2v) is 6.73. The fourth-order valence-electron chi connectivity index (χ4n) is 3.36. The molecule has 0 atom stereocenters. The molecular weight excluding hydrogens is 344 g/mol. The Kier molecular flexibility index (Phi) is 6.24. The second kappa shape index (κ2) is 8.81. The molecule has 1 N–H and O–H groups in total. The van der Waals surface area contributed by atoms with Gasteiger partial charge < -0.3 is 15.0 Å². The summed E-state index contributed by atoms with van der Waals surface area (Å²) in [7, 11) is 3.27. The van der Waals surface area contributed by atoms with Crippen LogP contribution in [0, 0.1) is 0 Å². The number of carbonyl (C=O) groups is 2. The second-order valence-electron chi connectivity index (χ2n) is 6.73. The zero-order valence-electron chi connectivity index (χ0n) is 15.9. The fourth-order valence-corrected chi connectivity index (χ4v) is 3.36. The molecule has 0 unspecified atom stereocenters. The van der Waals surface area contributed by atoms with E-state index in [-0.39, 0.29) is 18.4 Å². The van der Waals surface area contributed by atoms with Crippen LogP contribution < -0.4 is 5.32 Å². The van der Waals surface area contributed by atoms with Gasteiger partial charge in [0, 0.05) is 38.6 Å². The van der Waals surface area contributed by atoms with E-state index in [1.807, 2.05) is 35.0 Å². The first-order valence-corrected chi connectivity index (χ1v) is 9.29. The van der Waals surface area contributed by atoms with Crippen molar-refractivity contribution in [2.75, 3.05) is 33.9 Å². The molecule has 0 bridgehead atoms. The number of fused-ring (bicyclic) bond motifs is 1. The number of aromatic nitrogens is 2. The van der Waals surface area contributed by atoms with Crippen molar-refractivity contribution in [2.45, 2.75) is 25.7 Å². The van der Waals surface area contributed by atoms with E-state index in [1.54, 1.807) is 14.2 Å². The van der Waals surface area contributed by atoms with Crippen LogP contribution in [0.25, 0.3) is 5.69 Å². The predicted molar refractivity (Wildman–Crippen MR) is 102 cm³/mol. The fraction of sp³-hybridized carbons (Fsp3) is 0.450. The van der Waals surface area contributed by atoms with E-state index < -0.39 is 0 Å². The van der Waals surface area contributed by atoms with Crippen LogP contribution in [0.5, 0.6) is 0 Å². The first-order chi connectivity index (χ1) is 13.1. The summed E-state index contributed by atoms with van der Waals surface area (Å²) in [5.41, 5.74) is 3.52. The number of nitrogens with one attached hydrogen (secondary N) is 1. The molecule has 0 saturated carbocycles. The number of carbonyl (C=O) groups excluding carboxylic acids is 2. The lowest BCUT2D eigenvalue weighted by Gasteiger charge is -2.16. The zero-order chi connectivity index (χ0) is 19.2. The first kappa shape index (κ1) is 19.1. The molecule has 2 amide bonds. The van der Waals surface area contributed by atoms with Crippen LogP contribution in [-0.2, 0) is 22.4 Å². The van der Waals surface area contributed by atoms with E-state index in [9.17, 15) is 9.59 Å². The number of para-hydroxylation sites is 1. The number of ether oxygens (including phenoxy) is 1. The summed E-state index contributed by atoms with van der Waals surface area (Å²) in [6, 6.07) is 9.84. The zero-order valence-corrected chi connectivity index (χ0v) is 15.9. The predicted octanol–water partition coefficient (Wildman–Crippen LogP) is 1.59. The molecule has 1 heterocycles. The van der Waals surface area contributed by atoms with Crippen molar-refractivity contribution in [3.05, 3.63) is 47.3 Å². The third-order valence-corrected chi connectivity index (χ3v) is 4.71. The number of methoxy groups -OCH3 is 1. The van der Waals surface area contributed by atoms with Gasteiger partial charge >= 0.3 is 0 Å². The minimum Gasteiger partial charge on any atom is -0.385 e. The number of likely N-dealkylation sites (N-methyl/N-ethyl adjacent to an activating group) is 1. The SMILES string of the molecule is COCCCNC(=O)CN(C)C(=O)c1nn(-c2ccccc2)c2c1CCC2. The molecule has 7 heteroatoms. The Bertz CT molecular complexity index is 801. The third kappa shape index (κ3) is 4.36. The molecule has 1 aliphatic carbocycles. The van der Waals surface area contributed by atoms with Crippen molar-refractivity contribution in [3.8, 4) is 5.69 Å². The summed E-state index contributed by atoms with van der Waals surface area (Å²) < 4.78 is 6.83. The minimum atomic E-state index is -0.213. The molecule has 1 aliphatic rings. The van der Waals surface area contributed by atoms with Gasteiger partial charge in [-0.1, -0.05) is 18.2 Å². The Labute approximate surface area is 159 Å². The molecule has 27 heavy (non-hydrogen) atoms. The molecule has 144 valence electrons. The minimum absolute atomic E-state index is 0.0127. The lowest BCUT2D eigenvalue weighted by molar-refractivity contribution is -0.121. The van der Waals surface area contributed by atoms with Gasteiger partial charge in [-0.15, -0.1) is 0 Å². The molecule has 0 fully saturated rings. The van der Waals surface area contributed by atoms with Gasteiger partial charge in [-0.05, 0) is 37.8 Å². The molecule has 2 aromatic rings. The number of benzene rings is 1. The number of rotatable bonds is 8. The molecule has 3 rings (SSSR count). The van der Waals surface area contributed by atoms with Crippen LogP contribution >= 0.6 is 0 Å². The third-order valence-electron chi connectivity index (χ3n) is 4.71. The Hall–Kier alpha value is -2.67. The van der Waals surface area contributed by atoms with Crippen LogP contribution in [0.4, 0.5) is 0 Å². The summed E-state index contributed by atoms with van der Waals surface area (Å²) in [5, 5.41) is 7.39. The standard InChI is InChI=1S/C20H26N4O3/c1-23(14-18(25)21-12-7-13-27-2)20(26)19-16-10-6-11-17(16)24(22-19)15-8-4-3-5-9-15/h3-5,8-9H,6-7,10-14H2,1-2H3,(H,21,25). The number of hydrogen-bond donors (Lipinski definition) is 1. The number of amides is 2. The summed E-state index contributed by atoms with van der Waals surface area (Å²) in [6.45, 7) is 1.14. The average Bonchev–Trinajstić information content (AvgIpc) is 3.28. The van der Waals surface area contributed by atoms with Crippen molar-refractivity contribution in [1.82, 2.24) is 20.0 Å². The highest BCUT2D eigenvalue weighted by atomic mass is 16.5. The van der Waals surface area contributed by atoms with Crippen LogP contribution in [0.1, 0.15) is 34.6 Å².